The fourth-order valence-corrected chi connectivity index (χ4v) is 2.72. The molecular weight excluding hydrogens is 401 g/mol. The highest BCUT2D eigenvalue weighted by molar-refractivity contribution is 6.39. The number of hydrogen-bond donors (Lipinski definition) is 3. The fourth-order valence-electron chi connectivity index (χ4n) is 2.23. The van der Waals surface area contributed by atoms with Crippen LogP contribution in [0.5, 0.6) is 0 Å². The molecule has 3 aromatic rings. The number of primary amides is 1. The Morgan fingerprint density at radius 1 is 0.964 bits per heavy atom. The maximum atomic E-state index is 10.8. The summed E-state index contributed by atoms with van der Waals surface area (Å²) in [6, 6.07) is 15.5. The lowest BCUT2D eigenvalue weighted by atomic mass is 10.1. The molecule has 0 radical (unpaired) electrons. The average Bonchev–Trinajstić information content (AvgIpc) is 2.67. The number of hydrogen-bond acceptors (Lipinski definition) is 4. The Balaban J connectivity index is 0.000000261. The Morgan fingerprint density at radius 3 is 2.11 bits per heavy atom. The van der Waals surface area contributed by atoms with Crippen molar-refractivity contribution < 1.29 is 14.7 Å². The summed E-state index contributed by atoms with van der Waals surface area (Å²) in [7, 11) is 0. The zero-order chi connectivity index (χ0) is 20.5. The number of pyridine rings is 1. The normalized spacial score (nSPS) is 9.79. The van der Waals surface area contributed by atoms with Gasteiger partial charge in [-0.1, -0.05) is 47.5 Å². The summed E-state index contributed by atoms with van der Waals surface area (Å²) >= 11 is 12.1. The van der Waals surface area contributed by atoms with Gasteiger partial charge in [0.1, 0.15) is 0 Å². The van der Waals surface area contributed by atoms with E-state index in [2.05, 4.69) is 10.3 Å². The summed E-state index contributed by atoms with van der Waals surface area (Å²) < 4.78 is 0. The standard InChI is InChI=1S/C14H11Cl2NO2.C6H6N2O/c15-10-5-3-6-11(16)14(10)17-12-7-2-1-4-9(12)8-13(18)19;7-6(9)5-1-3-8-4-2-5/h1-7,17H,8H2,(H,18,19);1-4H,(H2,7,9). The molecule has 0 aliphatic rings. The molecule has 0 fully saturated rings. The van der Waals surface area contributed by atoms with E-state index in [9.17, 15) is 9.59 Å². The van der Waals surface area contributed by atoms with E-state index in [0.717, 1.165) is 0 Å². The highest BCUT2D eigenvalue weighted by atomic mass is 35.5. The molecule has 0 aliphatic carbocycles. The average molecular weight is 418 g/mol. The number of nitrogens with two attached hydrogens (primary N) is 1. The van der Waals surface area contributed by atoms with Gasteiger partial charge < -0.3 is 16.2 Å². The zero-order valence-electron chi connectivity index (χ0n) is 14.6. The van der Waals surface area contributed by atoms with E-state index in [-0.39, 0.29) is 6.42 Å². The molecule has 0 aliphatic heterocycles. The molecule has 2 aromatic carbocycles. The number of amides is 1. The molecule has 0 saturated carbocycles. The number of halogens is 2. The van der Waals surface area contributed by atoms with Crippen molar-refractivity contribution in [3.63, 3.8) is 0 Å². The van der Waals surface area contributed by atoms with Gasteiger partial charge in [0, 0.05) is 23.6 Å². The quantitative estimate of drug-likeness (QED) is 0.564. The van der Waals surface area contributed by atoms with Crippen molar-refractivity contribution in [2.45, 2.75) is 6.42 Å². The van der Waals surface area contributed by atoms with Crippen LogP contribution >= 0.6 is 23.2 Å². The topological polar surface area (TPSA) is 105 Å². The van der Waals surface area contributed by atoms with Crippen molar-refractivity contribution >= 4 is 46.5 Å². The van der Waals surface area contributed by atoms with Crippen LogP contribution in [0.15, 0.2) is 67.0 Å². The molecule has 0 atom stereocenters. The molecule has 6 nitrogen and oxygen atoms in total. The zero-order valence-corrected chi connectivity index (χ0v) is 16.1. The van der Waals surface area contributed by atoms with Gasteiger partial charge in [0.25, 0.3) is 0 Å². The number of rotatable bonds is 5. The lowest BCUT2D eigenvalue weighted by Gasteiger charge is -2.13. The molecule has 1 aromatic heterocycles. The third-order valence-electron chi connectivity index (χ3n) is 3.55. The largest absolute Gasteiger partial charge is 0.481 e. The maximum absolute atomic E-state index is 10.8. The van der Waals surface area contributed by atoms with Gasteiger partial charge in [-0.2, -0.15) is 0 Å². The first-order valence-corrected chi connectivity index (χ1v) is 8.84. The van der Waals surface area contributed by atoms with Crippen LogP contribution in [0.4, 0.5) is 11.4 Å². The first-order valence-electron chi connectivity index (χ1n) is 8.09. The summed E-state index contributed by atoms with van der Waals surface area (Å²) in [5, 5.41) is 12.9. The van der Waals surface area contributed by atoms with Gasteiger partial charge in [-0.05, 0) is 35.9 Å². The third-order valence-corrected chi connectivity index (χ3v) is 4.18. The van der Waals surface area contributed by atoms with Crippen LogP contribution < -0.4 is 11.1 Å². The SMILES string of the molecule is NC(=O)c1ccncc1.O=C(O)Cc1ccccc1Nc1c(Cl)cccc1Cl. The predicted octanol–water partition coefficient (Wildman–Crippen LogP) is 4.54. The van der Waals surface area contributed by atoms with E-state index in [1.807, 2.05) is 6.07 Å². The van der Waals surface area contributed by atoms with Gasteiger partial charge in [-0.15, -0.1) is 0 Å². The second-order valence-electron chi connectivity index (χ2n) is 5.55. The molecule has 0 saturated heterocycles. The van der Waals surface area contributed by atoms with Crippen LogP contribution in [0.25, 0.3) is 0 Å². The third kappa shape index (κ3) is 6.26. The first-order chi connectivity index (χ1) is 13.4. The lowest BCUT2D eigenvalue weighted by molar-refractivity contribution is -0.136. The van der Waals surface area contributed by atoms with Crippen LogP contribution in [0.2, 0.25) is 10.0 Å². The second kappa shape index (κ2) is 10.3. The van der Waals surface area contributed by atoms with Crippen molar-refractivity contribution in [2.75, 3.05) is 5.32 Å². The number of nitrogens with zero attached hydrogens (tertiary/aromatic N) is 1. The number of carbonyl (C=O) groups excluding carboxylic acids is 1. The monoisotopic (exact) mass is 417 g/mol. The Hall–Kier alpha value is -3.09. The Morgan fingerprint density at radius 2 is 1.57 bits per heavy atom. The minimum atomic E-state index is -0.889. The van der Waals surface area contributed by atoms with Crippen molar-refractivity contribution in [1.29, 1.82) is 0 Å². The van der Waals surface area contributed by atoms with Crippen LogP contribution in [0.3, 0.4) is 0 Å². The molecule has 0 unspecified atom stereocenters. The van der Waals surface area contributed by atoms with E-state index < -0.39 is 11.9 Å². The van der Waals surface area contributed by atoms with Gasteiger partial charge in [0.2, 0.25) is 5.91 Å². The maximum Gasteiger partial charge on any atom is 0.307 e. The van der Waals surface area contributed by atoms with Crippen LogP contribution in [0, 0.1) is 0 Å². The van der Waals surface area contributed by atoms with Crippen LogP contribution in [-0.2, 0) is 11.2 Å². The summed E-state index contributed by atoms with van der Waals surface area (Å²) in [5.74, 6) is -1.31. The number of aromatic nitrogens is 1. The molecular formula is C20H17Cl2N3O3. The smallest absolute Gasteiger partial charge is 0.307 e. The summed E-state index contributed by atoms with van der Waals surface area (Å²) in [4.78, 5) is 24.9. The van der Waals surface area contributed by atoms with Crippen molar-refractivity contribution in [3.05, 3.63) is 88.2 Å². The molecule has 8 heteroatoms. The van der Waals surface area contributed by atoms with Crippen molar-refractivity contribution in [1.82, 2.24) is 4.98 Å². The number of anilines is 2. The summed E-state index contributed by atoms with van der Waals surface area (Å²) in [6.45, 7) is 0. The van der Waals surface area contributed by atoms with E-state index in [1.54, 1.807) is 48.5 Å². The second-order valence-corrected chi connectivity index (χ2v) is 6.36. The summed E-state index contributed by atoms with van der Waals surface area (Å²) in [6.07, 6.45) is 2.99. The van der Waals surface area contributed by atoms with Gasteiger partial charge in [0.15, 0.2) is 0 Å². The molecule has 1 amide bonds. The number of para-hydroxylation sites is 2. The van der Waals surface area contributed by atoms with E-state index in [4.69, 9.17) is 34.0 Å². The number of carbonyl (C=O) groups is 2. The van der Waals surface area contributed by atoms with Gasteiger partial charge >= 0.3 is 5.97 Å². The van der Waals surface area contributed by atoms with Crippen molar-refractivity contribution in [3.8, 4) is 0 Å². The minimum Gasteiger partial charge on any atom is -0.481 e. The van der Waals surface area contributed by atoms with E-state index in [1.165, 1.54) is 12.4 Å². The van der Waals surface area contributed by atoms with E-state index >= 15 is 0 Å². The highest BCUT2D eigenvalue weighted by Gasteiger charge is 2.10. The molecule has 1 heterocycles. The minimum absolute atomic E-state index is 0.0642. The van der Waals surface area contributed by atoms with Crippen LogP contribution in [-0.4, -0.2) is 22.0 Å². The van der Waals surface area contributed by atoms with Crippen molar-refractivity contribution in [2.24, 2.45) is 5.73 Å². The number of aliphatic carboxylic acids is 1. The van der Waals surface area contributed by atoms with Gasteiger partial charge in [0.05, 0.1) is 22.2 Å². The number of nitrogens with one attached hydrogen (secondary N) is 1. The molecule has 144 valence electrons. The molecule has 4 N–H and O–H groups in total. The Kier molecular flexibility index (Phi) is 7.80. The summed E-state index contributed by atoms with van der Waals surface area (Å²) in [5.41, 5.74) is 7.36. The lowest BCUT2D eigenvalue weighted by Crippen LogP contribution is -2.10. The first kappa shape index (κ1) is 21.2. The van der Waals surface area contributed by atoms with E-state index in [0.29, 0.717) is 32.5 Å². The molecule has 3 rings (SSSR count). The molecule has 28 heavy (non-hydrogen) atoms. The number of carboxylic acid groups (broad SMARTS) is 1. The number of carboxylic acids is 1. The highest BCUT2D eigenvalue weighted by Crippen LogP contribution is 2.33. The predicted molar refractivity (Wildman–Crippen MR) is 110 cm³/mol. The fraction of sp³-hybridized carbons (Fsp3) is 0.0500. The van der Waals surface area contributed by atoms with Crippen LogP contribution in [0.1, 0.15) is 15.9 Å². The van der Waals surface area contributed by atoms with Gasteiger partial charge in [-0.25, -0.2) is 0 Å². The molecule has 0 bridgehead atoms. The van der Waals surface area contributed by atoms with Gasteiger partial charge in [-0.3, -0.25) is 14.6 Å². The molecule has 0 spiro atoms. The number of benzene rings is 2. The Bertz CT molecular complexity index is 946. The Labute approximate surface area is 171 Å².